The summed E-state index contributed by atoms with van der Waals surface area (Å²) in [6.07, 6.45) is 0.337. The molecule has 34 heavy (non-hydrogen) atoms. The molecule has 0 unspecified atom stereocenters. The van der Waals surface area contributed by atoms with E-state index in [0.29, 0.717) is 23.7 Å². The van der Waals surface area contributed by atoms with E-state index in [2.05, 4.69) is 20.8 Å². The third kappa shape index (κ3) is 6.09. The lowest BCUT2D eigenvalue weighted by Gasteiger charge is -2.13. The van der Waals surface area contributed by atoms with Crippen LogP contribution in [0.1, 0.15) is 12.2 Å². The van der Waals surface area contributed by atoms with E-state index in [0.717, 1.165) is 33.8 Å². The van der Waals surface area contributed by atoms with Crippen molar-refractivity contribution in [1.29, 1.82) is 0 Å². The predicted molar refractivity (Wildman–Crippen MR) is 137 cm³/mol. The number of thioether (sulfide) groups is 1. The fourth-order valence-corrected chi connectivity index (χ4v) is 4.34. The number of para-hydroxylation sites is 3. The number of halogens is 1. The molecule has 0 atom stereocenters. The minimum atomic E-state index is -0.0707. The molecule has 0 bridgehead atoms. The molecule has 1 heterocycles. The number of carbonyl (C=O) groups is 1. The highest BCUT2D eigenvalue weighted by atomic mass is 35.5. The van der Waals surface area contributed by atoms with Gasteiger partial charge >= 0.3 is 0 Å². The Morgan fingerprint density at radius 1 is 1.00 bits per heavy atom. The van der Waals surface area contributed by atoms with Crippen LogP contribution in [0.4, 0.5) is 11.4 Å². The van der Waals surface area contributed by atoms with Gasteiger partial charge in [0.25, 0.3) is 0 Å². The summed E-state index contributed by atoms with van der Waals surface area (Å²) < 4.78 is 7.43. The summed E-state index contributed by atoms with van der Waals surface area (Å²) in [5, 5.41) is 16.4. The first-order chi connectivity index (χ1) is 16.6. The second-order valence-electron chi connectivity index (χ2n) is 7.28. The Morgan fingerprint density at radius 3 is 2.50 bits per heavy atom. The Bertz CT molecular complexity index is 1230. The molecular weight excluding hydrogens is 470 g/mol. The molecule has 0 radical (unpaired) electrons. The van der Waals surface area contributed by atoms with Gasteiger partial charge < -0.3 is 15.4 Å². The summed E-state index contributed by atoms with van der Waals surface area (Å²) in [5.41, 5.74) is 2.55. The van der Waals surface area contributed by atoms with Gasteiger partial charge in [0.05, 0.1) is 19.3 Å². The number of nitrogens with zero attached hydrogens (tertiary/aromatic N) is 3. The molecule has 0 saturated carbocycles. The van der Waals surface area contributed by atoms with Crippen molar-refractivity contribution in [2.75, 3.05) is 23.5 Å². The van der Waals surface area contributed by atoms with E-state index < -0.39 is 0 Å². The van der Waals surface area contributed by atoms with E-state index in [-0.39, 0.29) is 5.91 Å². The molecule has 1 aromatic heterocycles. The smallest absolute Gasteiger partial charge is 0.225 e. The van der Waals surface area contributed by atoms with Gasteiger partial charge in [0.1, 0.15) is 5.75 Å². The Kier molecular flexibility index (Phi) is 8.06. The Balaban J connectivity index is 1.44. The molecule has 4 aromatic rings. The highest BCUT2D eigenvalue weighted by Gasteiger charge is 2.15. The standard InChI is InChI=1S/C25H24ClN5O2S/c1-33-22-10-6-5-9-21(22)27-17-23-29-30-25(31(23)20-7-3-2-4-8-20)34-16-15-24(32)28-19-13-11-18(26)12-14-19/h2-14,27H,15-17H2,1H3,(H,28,32). The Hall–Kier alpha value is -3.49. The molecule has 1 amide bonds. The molecule has 0 aliphatic carbocycles. The van der Waals surface area contributed by atoms with Crippen LogP contribution in [-0.2, 0) is 11.3 Å². The molecule has 0 saturated heterocycles. The van der Waals surface area contributed by atoms with Crippen LogP contribution in [-0.4, -0.2) is 33.5 Å². The van der Waals surface area contributed by atoms with Crippen LogP contribution in [0.3, 0.4) is 0 Å². The summed E-state index contributed by atoms with van der Waals surface area (Å²) >= 11 is 7.39. The van der Waals surface area contributed by atoms with Crippen molar-refractivity contribution in [3.8, 4) is 11.4 Å². The van der Waals surface area contributed by atoms with Crippen molar-refractivity contribution in [1.82, 2.24) is 14.8 Å². The number of methoxy groups -OCH3 is 1. The van der Waals surface area contributed by atoms with Gasteiger partial charge in [-0.15, -0.1) is 10.2 Å². The number of nitrogens with one attached hydrogen (secondary N) is 2. The van der Waals surface area contributed by atoms with Crippen LogP contribution < -0.4 is 15.4 Å². The monoisotopic (exact) mass is 493 g/mol. The number of hydrogen-bond acceptors (Lipinski definition) is 6. The predicted octanol–water partition coefficient (Wildman–Crippen LogP) is 5.66. The normalized spacial score (nSPS) is 10.6. The van der Waals surface area contributed by atoms with Gasteiger partial charge in [0.2, 0.25) is 5.91 Å². The topological polar surface area (TPSA) is 81.1 Å². The number of aromatic nitrogens is 3. The Labute approximate surface area is 207 Å². The molecule has 174 valence electrons. The first kappa shape index (κ1) is 23.7. The van der Waals surface area contributed by atoms with Crippen molar-refractivity contribution in [3.05, 3.63) is 89.7 Å². The average Bonchev–Trinajstić information content (AvgIpc) is 3.27. The van der Waals surface area contributed by atoms with Gasteiger partial charge in [-0.05, 0) is 48.5 Å². The molecule has 2 N–H and O–H groups in total. The first-order valence-corrected chi connectivity index (χ1v) is 12.0. The summed E-state index contributed by atoms with van der Waals surface area (Å²) in [6.45, 7) is 0.458. The molecule has 4 rings (SSSR count). The lowest BCUT2D eigenvalue weighted by molar-refractivity contribution is -0.115. The molecule has 0 fully saturated rings. The van der Waals surface area contributed by atoms with Gasteiger partial charge in [-0.1, -0.05) is 53.7 Å². The maximum Gasteiger partial charge on any atom is 0.225 e. The van der Waals surface area contributed by atoms with Crippen molar-refractivity contribution in [3.63, 3.8) is 0 Å². The quantitative estimate of drug-likeness (QED) is 0.277. The molecule has 0 spiro atoms. The number of hydrogen-bond donors (Lipinski definition) is 2. The maximum atomic E-state index is 12.3. The minimum absolute atomic E-state index is 0.0707. The van der Waals surface area contributed by atoms with Gasteiger partial charge in [0, 0.05) is 28.6 Å². The number of amides is 1. The van der Waals surface area contributed by atoms with E-state index in [1.807, 2.05) is 59.2 Å². The zero-order chi connectivity index (χ0) is 23.8. The number of carbonyl (C=O) groups excluding carboxylic acids is 1. The molecule has 9 heteroatoms. The highest BCUT2D eigenvalue weighted by molar-refractivity contribution is 7.99. The van der Waals surface area contributed by atoms with Gasteiger partial charge in [-0.2, -0.15) is 0 Å². The second-order valence-corrected chi connectivity index (χ2v) is 8.78. The Morgan fingerprint density at radius 2 is 1.74 bits per heavy atom. The minimum Gasteiger partial charge on any atom is -0.495 e. The molecule has 3 aromatic carbocycles. The van der Waals surface area contributed by atoms with Crippen LogP contribution >= 0.6 is 23.4 Å². The molecule has 0 aliphatic rings. The summed E-state index contributed by atoms with van der Waals surface area (Å²) in [4.78, 5) is 12.3. The number of rotatable bonds is 10. The van der Waals surface area contributed by atoms with Gasteiger partial charge in [-0.25, -0.2) is 0 Å². The molecule has 0 aliphatic heterocycles. The van der Waals surface area contributed by atoms with Gasteiger partial charge in [-0.3, -0.25) is 9.36 Å². The van der Waals surface area contributed by atoms with E-state index in [9.17, 15) is 4.79 Å². The average molecular weight is 494 g/mol. The van der Waals surface area contributed by atoms with E-state index >= 15 is 0 Å². The van der Waals surface area contributed by atoms with Crippen molar-refractivity contribution in [2.24, 2.45) is 0 Å². The van der Waals surface area contributed by atoms with E-state index in [4.69, 9.17) is 16.3 Å². The lowest BCUT2D eigenvalue weighted by atomic mass is 10.3. The zero-order valence-corrected chi connectivity index (χ0v) is 20.1. The van der Waals surface area contributed by atoms with Crippen LogP contribution in [0.25, 0.3) is 5.69 Å². The first-order valence-electron chi connectivity index (χ1n) is 10.7. The zero-order valence-electron chi connectivity index (χ0n) is 18.6. The lowest BCUT2D eigenvalue weighted by Crippen LogP contribution is -2.12. The second kappa shape index (κ2) is 11.6. The fourth-order valence-electron chi connectivity index (χ4n) is 3.30. The molecule has 7 nitrogen and oxygen atoms in total. The molecular formula is C25H24ClN5O2S. The van der Waals surface area contributed by atoms with E-state index in [1.54, 1.807) is 31.4 Å². The van der Waals surface area contributed by atoms with Crippen molar-refractivity contribution in [2.45, 2.75) is 18.1 Å². The largest absolute Gasteiger partial charge is 0.495 e. The third-order valence-electron chi connectivity index (χ3n) is 4.95. The van der Waals surface area contributed by atoms with Crippen molar-refractivity contribution >= 4 is 40.6 Å². The number of anilines is 2. The van der Waals surface area contributed by atoms with Crippen LogP contribution in [0.5, 0.6) is 5.75 Å². The number of ether oxygens (including phenoxy) is 1. The van der Waals surface area contributed by atoms with Gasteiger partial charge in [0.15, 0.2) is 11.0 Å². The fraction of sp³-hybridized carbons (Fsp3) is 0.160. The maximum absolute atomic E-state index is 12.3. The highest BCUT2D eigenvalue weighted by Crippen LogP contribution is 2.26. The summed E-state index contributed by atoms with van der Waals surface area (Å²) in [7, 11) is 1.64. The van der Waals surface area contributed by atoms with Crippen LogP contribution in [0, 0.1) is 0 Å². The van der Waals surface area contributed by atoms with Crippen molar-refractivity contribution < 1.29 is 9.53 Å². The van der Waals surface area contributed by atoms with E-state index in [1.165, 1.54) is 11.8 Å². The SMILES string of the molecule is COc1ccccc1NCc1nnc(SCCC(=O)Nc2ccc(Cl)cc2)n1-c1ccccc1. The third-order valence-corrected chi connectivity index (χ3v) is 6.13. The van der Waals surface area contributed by atoms with Crippen LogP contribution in [0.2, 0.25) is 5.02 Å². The summed E-state index contributed by atoms with van der Waals surface area (Å²) in [6, 6.07) is 24.7. The summed E-state index contributed by atoms with van der Waals surface area (Å²) in [5.74, 6) is 2.00. The number of benzene rings is 3. The van der Waals surface area contributed by atoms with Crippen LogP contribution in [0.15, 0.2) is 84.0 Å².